The van der Waals surface area contributed by atoms with Gasteiger partial charge in [0, 0.05) is 28.8 Å². The number of aromatic amines is 1. The summed E-state index contributed by atoms with van der Waals surface area (Å²) >= 11 is 6.01. The summed E-state index contributed by atoms with van der Waals surface area (Å²) in [5.74, 6) is -0.118. The summed E-state index contributed by atoms with van der Waals surface area (Å²) in [6.07, 6.45) is 2.25. The number of halogens is 1. The Labute approximate surface area is 159 Å². The molecule has 0 aliphatic heterocycles. The molecule has 0 spiro atoms. The summed E-state index contributed by atoms with van der Waals surface area (Å²) in [5.41, 5.74) is 0.667. The van der Waals surface area contributed by atoms with Crippen molar-refractivity contribution in [3.63, 3.8) is 0 Å². The van der Waals surface area contributed by atoms with E-state index in [1.54, 1.807) is 31.2 Å². The average molecular weight is 397 g/mol. The molecule has 0 radical (unpaired) electrons. The Morgan fingerprint density at radius 3 is 2.77 bits per heavy atom. The van der Waals surface area contributed by atoms with E-state index in [9.17, 15) is 13.8 Å². The van der Waals surface area contributed by atoms with Gasteiger partial charge in [-0.2, -0.15) is 0 Å². The number of anilines is 1. The monoisotopic (exact) mass is 396 g/mol. The molecule has 6 nitrogen and oxygen atoms in total. The second-order valence-electron chi connectivity index (χ2n) is 5.67. The summed E-state index contributed by atoms with van der Waals surface area (Å²) in [4.78, 5) is 27.2. The first-order valence-electron chi connectivity index (χ1n) is 8.19. The van der Waals surface area contributed by atoms with Crippen LogP contribution in [0.4, 0.5) is 5.69 Å². The topological polar surface area (TPSA) is 88.3 Å². The van der Waals surface area contributed by atoms with Gasteiger partial charge < -0.3 is 15.0 Å². The molecule has 1 amide bonds. The van der Waals surface area contributed by atoms with E-state index in [1.807, 2.05) is 6.92 Å². The summed E-state index contributed by atoms with van der Waals surface area (Å²) in [6, 6.07) is 8.18. The fraction of sp³-hybridized carbons (Fsp3) is 0.333. The van der Waals surface area contributed by atoms with E-state index < -0.39 is 22.0 Å². The molecule has 2 N–H and O–H groups in total. The van der Waals surface area contributed by atoms with Crippen molar-refractivity contribution in [2.75, 3.05) is 11.9 Å². The Balaban J connectivity index is 2.00. The zero-order chi connectivity index (χ0) is 19.1. The van der Waals surface area contributed by atoms with E-state index in [-0.39, 0.29) is 16.9 Å². The number of rotatable bonds is 8. The third kappa shape index (κ3) is 5.44. The highest BCUT2D eigenvalue weighted by molar-refractivity contribution is 7.85. The summed E-state index contributed by atoms with van der Waals surface area (Å²) < 4.78 is 17.8. The minimum atomic E-state index is -1.51. The van der Waals surface area contributed by atoms with Gasteiger partial charge in [0.1, 0.15) is 5.25 Å². The molecule has 0 aliphatic carbocycles. The number of ether oxygens (including phenoxy) is 1. The third-order valence-electron chi connectivity index (χ3n) is 3.59. The standard InChI is InChI=1S/C18H21ClN2O4S/c1-3-8-25-17-10-20-13(9-16(17)22)11-26(24)12(2)18(23)21-15-7-5-4-6-14(15)19/h4-7,9-10,12H,3,8,11H2,1-2H3,(H,20,22)(H,21,23). The fourth-order valence-electron chi connectivity index (χ4n) is 2.10. The number of hydrogen-bond acceptors (Lipinski definition) is 4. The Morgan fingerprint density at radius 2 is 2.12 bits per heavy atom. The number of aromatic nitrogens is 1. The second kappa shape index (κ2) is 9.54. The van der Waals surface area contributed by atoms with Gasteiger partial charge in [0.2, 0.25) is 11.3 Å². The van der Waals surface area contributed by atoms with E-state index in [0.29, 0.717) is 23.0 Å². The number of benzene rings is 1. The van der Waals surface area contributed by atoms with Gasteiger partial charge >= 0.3 is 0 Å². The molecule has 0 saturated carbocycles. The largest absolute Gasteiger partial charge is 0.488 e. The van der Waals surface area contributed by atoms with E-state index in [0.717, 1.165) is 6.42 Å². The Hall–Kier alpha value is -2.12. The van der Waals surface area contributed by atoms with Gasteiger partial charge in [-0.05, 0) is 25.5 Å². The number of pyridine rings is 1. The lowest BCUT2D eigenvalue weighted by atomic mass is 10.3. The van der Waals surface area contributed by atoms with Crippen molar-refractivity contribution in [1.82, 2.24) is 4.98 Å². The van der Waals surface area contributed by atoms with Crippen LogP contribution >= 0.6 is 11.6 Å². The third-order valence-corrected chi connectivity index (χ3v) is 5.52. The van der Waals surface area contributed by atoms with Crippen molar-refractivity contribution in [2.45, 2.75) is 31.3 Å². The van der Waals surface area contributed by atoms with Gasteiger partial charge in [-0.1, -0.05) is 30.7 Å². The molecule has 0 bridgehead atoms. The second-order valence-corrected chi connectivity index (χ2v) is 7.84. The van der Waals surface area contributed by atoms with Crippen molar-refractivity contribution in [2.24, 2.45) is 0 Å². The molecule has 0 saturated heterocycles. The van der Waals surface area contributed by atoms with Crippen LogP contribution in [0.3, 0.4) is 0 Å². The van der Waals surface area contributed by atoms with E-state index in [2.05, 4.69) is 10.3 Å². The van der Waals surface area contributed by atoms with Crippen molar-refractivity contribution in [3.8, 4) is 5.75 Å². The molecule has 2 rings (SSSR count). The fourth-order valence-corrected chi connectivity index (χ4v) is 3.31. The first-order valence-corrected chi connectivity index (χ1v) is 9.95. The molecule has 1 aromatic heterocycles. The number of carbonyl (C=O) groups excluding carboxylic acids is 1. The molecule has 26 heavy (non-hydrogen) atoms. The number of amides is 1. The Kier molecular flexibility index (Phi) is 7.41. The highest BCUT2D eigenvalue weighted by Crippen LogP contribution is 2.21. The minimum absolute atomic E-state index is 0.0560. The van der Waals surface area contributed by atoms with Gasteiger partial charge in [-0.15, -0.1) is 0 Å². The number of para-hydroxylation sites is 1. The van der Waals surface area contributed by atoms with Gasteiger partial charge in [0.05, 0.1) is 23.1 Å². The van der Waals surface area contributed by atoms with Crippen molar-refractivity contribution < 1.29 is 13.7 Å². The Morgan fingerprint density at radius 1 is 1.38 bits per heavy atom. The maximum absolute atomic E-state index is 12.5. The zero-order valence-corrected chi connectivity index (χ0v) is 16.2. The summed E-state index contributed by atoms with van der Waals surface area (Å²) in [7, 11) is -1.51. The average Bonchev–Trinajstić information content (AvgIpc) is 2.62. The van der Waals surface area contributed by atoms with Gasteiger partial charge in [-0.25, -0.2) is 0 Å². The zero-order valence-electron chi connectivity index (χ0n) is 14.6. The summed E-state index contributed by atoms with van der Waals surface area (Å²) in [5, 5.41) is 2.30. The quantitative estimate of drug-likeness (QED) is 0.717. The van der Waals surface area contributed by atoms with Gasteiger partial charge in [0.15, 0.2) is 5.75 Å². The SMILES string of the molecule is CCCOc1c[nH]c(CS(=O)C(C)C(=O)Nc2ccccc2Cl)cc1=O. The van der Waals surface area contributed by atoms with Crippen molar-refractivity contribution >= 4 is 34.0 Å². The highest BCUT2D eigenvalue weighted by Gasteiger charge is 2.21. The first kappa shape index (κ1) is 20.2. The number of carbonyl (C=O) groups is 1. The Bertz CT molecular complexity index is 853. The molecule has 0 aliphatic rings. The van der Waals surface area contributed by atoms with E-state index in [4.69, 9.17) is 16.3 Å². The predicted molar refractivity (Wildman–Crippen MR) is 104 cm³/mol. The number of nitrogens with one attached hydrogen (secondary N) is 2. The van der Waals surface area contributed by atoms with Crippen LogP contribution in [0.25, 0.3) is 0 Å². The van der Waals surface area contributed by atoms with Gasteiger partial charge in [-0.3, -0.25) is 13.8 Å². The molecule has 0 fully saturated rings. The van der Waals surface area contributed by atoms with Crippen molar-refractivity contribution in [3.05, 3.63) is 57.5 Å². The van der Waals surface area contributed by atoms with Crippen LogP contribution in [0.15, 0.2) is 41.3 Å². The molecule has 2 atom stereocenters. The van der Waals surface area contributed by atoms with Crippen LogP contribution in [-0.4, -0.2) is 27.0 Å². The molecule has 1 heterocycles. The lowest BCUT2D eigenvalue weighted by Gasteiger charge is -2.13. The smallest absolute Gasteiger partial charge is 0.239 e. The maximum atomic E-state index is 12.5. The normalized spacial score (nSPS) is 13.0. The predicted octanol–water partition coefficient (Wildman–Crippen LogP) is 3.09. The van der Waals surface area contributed by atoms with Crippen LogP contribution < -0.4 is 15.5 Å². The lowest BCUT2D eigenvalue weighted by molar-refractivity contribution is -0.115. The van der Waals surface area contributed by atoms with Crippen LogP contribution in [0.1, 0.15) is 26.0 Å². The maximum Gasteiger partial charge on any atom is 0.239 e. The van der Waals surface area contributed by atoms with E-state index in [1.165, 1.54) is 12.3 Å². The number of hydrogen-bond donors (Lipinski definition) is 2. The van der Waals surface area contributed by atoms with Crippen molar-refractivity contribution in [1.29, 1.82) is 0 Å². The summed E-state index contributed by atoms with van der Waals surface area (Å²) in [6.45, 7) is 3.97. The molecule has 1 aromatic carbocycles. The molecular weight excluding hydrogens is 376 g/mol. The van der Waals surface area contributed by atoms with Crippen LogP contribution in [0.2, 0.25) is 5.02 Å². The van der Waals surface area contributed by atoms with E-state index >= 15 is 0 Å². The van der Waals surface area contributed by atoms with Crippen LogP contribution in [0, 0.1) is 0 Å². The van der Waals surface area contributed by atoms with Crippen LogP contribution in [0.5, 0.6) is 5.75 Å². The molecule has 2 aromatic rings. The van der Waals surface area contributed by atoms with Crippen LogP contribution in [-0.2, 0) is 21.3 Å². The number of H-pyrrole nitrogens is 1. The lowest BCUT2D eigenvalue weighted by Crippen LogP contribution is -2.30. The first-order chi connectivity index (χ1) is 12.4. The molecule has 8 heteroatoms. The van der Waals surface area contributed by atoms with Gasteiger partial charge in [0.25, 0.3) is 0 Å². The minimum Gasteiger partial charge on any atom is -0.488 e. The molecule has 140 valence electrons. The molecular formula is C18H21ClN2O4S. The highest BCUT2D eigenvalue weighted by atomic mass is 35.5. The molecule has 2 unspecified atom stereocenters.